The normalized spacial score (nSPS) is 17.4. The van der Waals surface area contributed by atoms with Gasteiger partial charge in [0.15, 0.2) is 0 Å². The lowest BCUT2D eigenvalue weighted by molar-refractivity contribution is 0.0642. The molecule has 0 radical (unpaired) electrons. The van der Waals surface area contributed by atoms with Gasteiger partial charge in [0.2, 0.25) is 0 Å². The van der Waals surface area contributed by atoms with Gasteiger partial charge >= 0.3 is 0 Å². The van der Waals surface area contributed by atoms with Crippen molar-refractivity contribution in [2.45, 2.75) is 18.9 Å². The van der Waals surface area contributed by atoms with Crippen LogP contribution in [0.25, 0.3) is 0 Å². The van der Waals surface area contributed by atoms with Crippen molar-refractivity contribution >= 4 is 11.3 Å². The van der Waals surface area contributed by atoms with Gasteiger partial charge in [0.05, 0.1) is 6.61 Å². The fourth-order valence-corrected chi connectivity index (χ4v) is 3.32. The number of aromatic nitrogens is 1. The third kappa shape index (κ3) is 3.45. The Morgan fingerprint density at radius 1 is 1.20 bits per heavy atom. The second-order valence-corrected chi connectivity index (χ2v) is 6.01. The van der Waals surface area contributed by atoms with Gasteiger partial charge in [0.1, 0.15) is 11.1 Å². The van der Waals surface area contributed by atoms with Gasteiger partial charge in [-0.1, -0.05) is 30.3 Å². The molecular formula is C16H20N2OS. The molecule has 1 atom stereocenters. The predicted molar refractivity (Wildman–Crippen MR) is 82.0 cm³/mol. The van der Waals surface area contributed by atoms with Crippen LogP contribution in [0.4, 0.5) is 0 Å². The number of hydrogen-bond acceptors (Lipinski definition) is 4. The summed E-state index contributed by atoms with van der Waals surface area (Å²) in [4.78, 5) is 6.90. The van der Waals surface area contributed by atoms with Crippen molar-refractivity contribution in [1.82, 2.24) is 9.88 Å². The van der Waals surface area contributed by atoms with Crippen molar-refractivity contribution in [2.75, 3.05) is 26.2 Å². The Labute approximate surface area is 124 Å². The maximum Gasteiger partial charge on any atom is 0.134 e. The van der Waals surface area contributed by atoms with E-state index in [-0.39, 0.29) is 6.10 Å². The zero-order chi connectivity index (χ0) is 13.6. The Bertz CT molecular complexity index is 494. The highest BCUT2D eigenvalue weighted by Gasteiger charge is 2.18. The first-order valence-corrected chi connectivity index (χ1v) is 8.10. The van der Waals surface area contributed by atoms with Crippen LogP contribution in [0.5, 0.6) is 0 Å². The first-order valence-electron chi connectivity index (χ1n) is 7.22. The third-order valence-electron chi connectivity index (χ3n) is 3.67. The molecule has 0 aliphatic carbocycles. The average Bonchev–Trinajstić information content (AvgIpc) is 3.18. The van der Waals surface area contributed by atoms with E-state index in [1.54, 1.807) is 11.3 Å². The van der Waals surface area contributed by atoms with Gasteiger partial charge < -0.3 is 9.64 Å². The summed E-state index contributed by atoms with van der Waals surface area (Å²) in [5, 5.41) is 3.05. The summed E-state index contributed by atoms with van der Waals surface area (Å²) >= 11 is 1.66. The molecule has 3 nitrogen and oxygen atoms in total. The first-order chi connectivity index (χ1) is 9.93. The van der Waals surface area contributed by atoms with Crippen LogP contribution in [-0.2, 0) is 4.74 Å². The summed E-state index contributed by atoms with van der Waals surface area (Å²) < 4.78 is 6.14. The van der Waals surface area contributed by atoms with Crippen LogP contribution in [-0.4, -0.2) is 36.1 Å². The van der Waals surface area contributed by atoms with E-state index in [1.807, 2.05) is 17.6 Å². The average molecular weight is 288 g/mol. The maximum atomic E-state index is 6.14. The third-order valence-corrected chi connectivity index (χ3v) is 4.49. The van der Waals surface area contributed by atoms with Crippen molar-refractivity contribution in [3.05, 3.63) is 52.5 Å². The minimum absolute atomic E-state index is 0.0289. The van der Waals surface area contributed by atoms with Gasteiger partial charge in [0.25, 0.3) is 0 Å². The highest BCUT2D eigenvalue weighted by Crippen LogP contribution is 2.27. The van der Waals surface area contributed by atoms with Crippen LogP contribution >= 0.6 is 11.3 Å². The molecule has 1 aliphatic rings. The molecule has 0 saturated carbocycles. The van der Waals surface area contributed by atoms with Crippen molar-refractivity contribution in [3.8, 4) is 0 Å². The fourth-order valence-electron chi connectivity index (χ4n) is 2.61. The number of rotatable bonds is 6. The summed E-state index contributed by atoms with van der Waals surface area (Å²) in [5.41, 5.74) is 1.18. The van der Waals surface area contributed by atoms with Gasteiger partial charge in [-0.05, 0) is 31.5 Å². The van der Waals surface area contributed by atoms with E-state index < -0.39 is 0 Å². The summed E-state index contributed by atoms with van der Waals surface area (Å²) in [7, 11) is 0. The van der Waals surface area contributed by atoms with Crippen molar-refractivity contribution < 1.29 is 4.74 Å². The molecule has 0 N–H and O–H groups in total. The Morgan fingerprint density at radius 3 is 2.70 bits per heavy atom. The predicted octanol–water partition coefficient (Wildman–Crippen LogP) is 3.34. The van der Waals surface area contributed by atoms with Crippen LogP contribution < -0.4 is 0 Å². The van der Waals surface area contributed by atoms with E-state index in [0.29, 0.717) is 0 Å². The molecule has 20 heavy (non-hydrogen) atoms. The lowest BCUT2D eigenvalue weighted by atomic mass is 10.1. The molecular weight excluding hydrogens is 268 g/mol. The molecule has 0 spiro atoms. The molecule has 3 rings (SSSR count). The molecule has 1 saturated heterocycles. The van der Waals surface area contributed by atoms with E-state index >= 15 is 0 Å². The monoisotopic (exact) mass is 288 g/mol. The smallest absolute Gasteiger partial charge is 0.134 e. The molecule has 2 aromatic rings. The van der Waals surface area contributed by atoms with E-state index in [0.717, 1.165) is 18.2 Å². The topological polar surface area (TPSA) is 25.4 Å². The Kier molecular flexibility index (Phi) is 4.79. The largest absolute Gasteiger partial charge is 0.365 e. The van der Waals surface area contributed by atoms with Gasteiger partial charge in [-0.3, -0.25) is 0 Å². The number of benzene rings is 1. The second-order valence-electron chi connectivity index (χ2n) is 5.08. The number of likely N-dealkylation sites (tertiary alicyclic amines) is 1. The van der Waals surface area contributed by atoms with Crippen molar-refractivity contribution in [1.29, 1.82) is 0 Å². The molecule has 106 valence electrons. The highest BCUT2D eigenvalue weighted by molar-refractivity contribution is 7.09. The quantitative estimate of drug-likeness (QED) is 0.815. The Morgan fingerprint density at radius 2 is 2.00 bits per heavy atom. The molecule has 1 unspecified atom stereocenters. The van der Waals surface area contributed by atoms with Crippen molar-refractivity contribution in [3.63, 3.8) is 0 Å². The molecule has 2 heterocycles. The molecule has 0 amide bonds. The van der Waals surface area contributed by atoms with Gasteiger partial charge in [-0.15, -0.1) is 11.3 Å². The fraction of sp³-hybridized carbons (Fsp3) is 0.438. The van der Waals surface area contributed by atoms with Gasteiger partial charge in [-0.2, -0.15) is 0 Å². The standard InChI is InChI=1S/C16H20N2OS/c1-2-6-14(7-3-1)15(16-17-8-13-20-16)19-12-11-18-9-4-5-10-18/h1-3,6-8,13,15H,4-5,9-12H2. The maximum absolute atomic E-state index is 6.14. The van der Waals surface area contributed by atoms with E-state index in [2.05, 4.69) is 34.1 Å². The molecule has 1 aromatic heterocycles. The zero-order valence-corrected chi connectivity index (χ0v) is 12.4. The number of ether oxygens (including phenoxy) is 1. The lowest BCUT2D eigenvalue weighted by Crippen LogP contribution is -2.25. The second kappa shape index (κ2) is 6.97. The van der Waals surface area contributed by atoms with E-state index in [1.165, 1.54) is 31.5 Å². The number of nitrogens with zero attached hydrogens (tertiary/aromatic N) is 2. The summed E-state index contributed by atoms with van der Waals surface area (Å²) in [6, 6.07) is 10.4. The molecule has 1 aromatic carbocycles. The molecule has 1 aliphatic heterocycles. The van der Waals surface area contributed by atoms with Gasteiger partial charge in [0, 0.05) is 18.1 Å². The van der Waals surface area contributed by atoms with Crippen LogP contribution in [0.3, 0.4) is 0 Å². The summed E-state index contributed by atoms with van der Waals surface area (Å²) in [6.45, 7) is 4.22. The lowest BCUT2D eigenvalue weighted by Gasteiger charge is -2.19. The zero-order valence-electron chi connectivity index (χ0n) is 11.6. The summed E-state index contributed by atoms with van der Waals surface area (Å²) in [6.07, 6.45) is 4.47. The van der Waals surface area contributed by atoms with Gasteiger partial charge in [-0.25, -0.2) is 4.98 Å². The van der Waals surface area contributed by atoms with Crippen molar-refractivity contribution in [2.24, 2.45) is 0 Å². The minimum Gasteiger partial charge on any atom is -0.365 e. The minimum atomic E-state index is -0.0289. The molecule has 4 heteroatoms. The van der Waals surface area contributed by atoms with E-state index in [9.17, 15) is 0 Å². The number of thiazole rings is 1. The molecule has 0 bridgehead atoms. The van der Waals surface area contributed by atoms with Crippen LogP contribution in [0.15, 0.2) is 41.9 Å². The Balaban J connectivity index is 1.63. The highest BCUT2D eigenvalue weighted by atomic mass is 32.1. The van der Waals surface area contributed by atoms with Crippen LogP contribution in [0.1, 0.15) is 29.5 Å². The van der Waals surface area contributed by atoms with Crippen LogP contribution in [0.2, 0.25) is 0 Å². The van der Waals surface area contributed by atoms with E-state index in [4.69, 9.17) is 4.74 Å². The number of hydrogen-bond donors (Lipinski definition) is 0. The summed E-state index contributed by atoms with van der Waals surface area (Å²) in [5.74, 6) is 0. The Hall–Kier alpha value is -1.23. The first kappa shape index (κ1) is 13.7. The van der Waals surface area contributed by atoms with Crippen LogP contribution in [0, 0.1) is 0 Å². The molecule has 1 fully saturated rings. The SMILES string of the molecule is c1ccc(C(OCCN2CCCC2)c2nccs2)cc1.